The number of benzene rings is 12. The fourth-order valence-corrected chi connectivity index (χ4v) is 10.2. The largest absolute Gasteiger partial charge is 0.309 e. The van der Waals surface area contributed by atoms with Gasteiger partial charge in [0.05, 0.1) is 11.4 Å². The van der Waals surface area contributed by atoms with Crippen LogP contribution >= 0.6 is 0 Å². The van der Waals surface area contributed by atoms with Gasteiger partial charge in [0.15, 0.2) is 0 Å². The lowest BCUT2D eigenvalue weighted by Gasteiger charge is -2.31. The maximum absolute atomic E-state index is 2.48. The minimum absolute atomic E-state index is 1.06. The fourth-order valence-electron chi connectivity index (χ4n) is 10.2. The van der Waals surface area contributed by atoms with E-state index in [2.05, 4.69) is 290 Å². The van der Waals surface area contributed by atoms with E-state index in [1.54, 1.807) is 0 Å². The summed E-state index contributed by atoms with van der Waals surface area (Å²) < 4.78 is 0. The first-order valence-electron chi connectivity index (χ1n) is 23.7. The molecule has 0 N–H and O–H groups in total. The Morgan fingerprint density at radius 2 is 0.536 bits per heavy atom. The van der Waals surface area contributed by atoms with Crippen molar-refractivity contribution in [2.24, 2.45) is 0 Å². The average molecular weight is 878 g/mol. The highest BCUT2D eigenvalue weighted by Gasteiger charge is 2.24. The molecule has 0 fully saturated rings. The molecular formula is C68H47N. The molecule has 0 atom stereocenters. The number of rotatable bonds is 10. The van der Waals surface area contributed by atoms with Crippen LogP contribution in [0.4, 0.5) is 17.1 Å². The van der Waals surface area contributed by atoms with Crippen LogP contribution in [0.5, 0.6) is 0 Å². The molecule has 1 nitrogen and oxygen atoms in total. The summed E-state index contributed by atoms with van der Waals surface area (Å²) in [5, 5.41) is 4.96. The SMILES string of the molecule is c1ccc(-c2ccc(N(c3cccc(-c4ccc5c(c4)c(-c4ccccc4)c(-c4ccccc4)c4ccccc45)c3)c3ccc(-c4ccccc4)cc3-c3ccccc3)c(-c3ccccc3)c2)cc1. The molecule has 0 heterocycles. The lowest BCUT2D eigenvalue weighted by atomic mass is 9.84. The van der Waals surface area contributed by atoms with E-state index in [9.17, 15) is 0 Å². The molecule has 0 saturated heterocycles. The highest BCUT2D eigenvalue weighted by molar-refractivity contribution is 6.22. The van der Waals surface area contributed by atoms with Gasteiger partial charge in [-0.3, -0.25) is 0 Å². The predicted molar refractivity (Wildman–Crippen MR) is 294 cm³/mol. The Hall–Kier alpha value is -9.04. The Balaban J connectivity index is 1.11. The lowest BCUT2D eigenvalue weighted by Crippen LogP contribution is -2.13. The third kappa shape index (κ3) is 7.97. The maximum Gasteiger partial charge on any atom is 0.0540 e. The van der Waals surface area contributed by atoms with Crippen molar-refractivity contribution in [3.05, 3.63) is 285 Å². The molecule has 12 rings (SSSR count). The number of nitrogens with zero attached hydrogens (tertiary/aromatic N) is 1. The molecule has 12 aromatic carbocycles. The minimum atomic E-state index is 1.06. The second-order valence-electron chi connectivity index (χ2n) is 17.6. The summed E-state index contributed by atoms with van der Waals surface area (Å²) in [6.45, 7) is 0. The number of anilines is 3. The molecule has 0 aliphatic rings. The van der Waals surface area contributed by atoms with Gasteiger partial charge < -0.3 is 4.90 Å². The maximum atomic E-state index is 2.48. The van der Waals surface area contributed by atoms with Gasteiger partial charge in [-0.1, -0.05) is 243 Å². The Morgan fingerprint density at radius 1 is 0.188 bits per heavy atom. The highest BCUT2D eigenvalue weighted by atomic mass is 15.1. The van der Waals surface area contributed by atoms with Gasteiger partial charge in [0, 0.05) is 16.8 Å². The Labute approximate surface area is 404 Å². The molecule has 0 bridgehead atoms. The topological polar surface area (TPSA) is 3.24 Å². The van der Waals surface area contributed by atoms with Gasteiger partial charge in [-0.05, 0) is 131 Å². The molecule has 1 heteroatoms. The van der Waals surface area contributed by atoms with Crippen LogP contribution in [0, 0.1) is 0 Å². The van der Waals surface area contributed by atoms with Crippen molar-refractivity contribution in [2.45, 2.75) is 0 Å². The molecule has 69 heavy (non-hydrogen) atoms. The monoisotopic (exact) mass is 877 g/mol. The minimum Gasteiger partial charge on any atom is -0.309 e. The van der Waals surface area contributed by atoms with E-state index in [1.807, 2.05) is 0 Å². The Morgan fingerprint density at radius 3 is 1.03 bits per heavy atom. The van der Waals surface area contributed by atoms with Crippen molar-refractivity contribution in [3.63, 3.8) is 0 Å². The van der Waals surface area contributed by atoms with Gasteiger partial charge in [0.25, 0.3) is 0 Å². The van der Waals surface area contributed by atoms with Crippen LogP contribution in [-0.4, -0.2) is 0 Å². The number of hydrogen-bond acceptors (Lipinski definition) is 1. The molecule has 0 aliphatic carbocycles. The molecule has 0 aromatic heterocycles. The fraction of sp³-hybridized carbons (Fsp3) is 0. The smallest absolute Gasteiger partial charge is 0.0540 e. The van der Waals surface area contributed by atoms with E-state index < -0.39 is 0 Å². The van der Waals surface area contributed by atoms with Gasteiger partial charge in [0.2, 0.25) is 0 Å². The van der Waals surface area contributed by atoms with Crippen molar-refractivity contribution in [2.75, 3.05) is 4.90 Å². The van der Waals surface area contributed by atoms with Crippen molar-refractivity contribution in [3.8, 4) is 77.9 Å². The Bertz CT molecular complexity index is 3610. The summed E-state index contributed by atoms with van der Waals surface area (Å²) in [6.07, 6.45) is 0. The first-order valence-corrected chi connectivity index (χ1v) is 23.7. The molecule has 12 aromatic rings. The van der Waals surface area contributed by atoms with Crippen LogP contribution in [0.2, 0.25) is 0 Å². The standard InChI is InChI=1S/C68H47N/c1-7-22-48(23-8-1)55-39-42-65(62(45-55)50-26-11-3-12-27-50)69(66-43-40-56(49-24-9-2-10-25-49)46-63(66)51-28-13-4-14-29-51)58-35-21-34-54(44-58)57-38-41-60-59-36-19-20-37-61(59)67(52-30-15-5-16-31-52)68(64(60)47-57)53-32-17-6-18-33-53/h1-47H. The van der Waals surface area contributed by atoms with Crippen molar-refractivity contribution >= 4 is 38.6 Å². The summed E-state index contributed by atoms with van der Waals surface area (Å²) in [5.74, 6) is 0. The number of hydrogen-bond donors (Lipinski definition) is 0. The molecule has 324 valence electrons. The second-order valence-corrected chi connectivity index (χ2v) is 17.6. The van der Waals surface area contributed by atoms with E-state index in [4.69, 9.17) is 0 Å². The van der Waals surface area contributed by atoms with Crippen molar-refractivity contribution in [1.82, 2.24) is 0 Å². The molecule has 0 radical (unpaired) electrons. The third-order valence-corrected chi connectivity index (χ3v) is 13.4. The first-order chi connectivity index (χ1) is 34.2. The zero-order valence-corrected chi connectivity index (χ0v) is 38.1. The summed E-state index contributed by atoms with van der Waals surface area (Å²) in [7, 11) is 0. The molecule has 0 amide bonds. The number of fused-ring (bicyclic) bond motifs is 3. The summed E-state index contributed by atoms with van der Waals surface area (Å²) in [5.41, 5.74) is 19.7. The van der Waals surface area contributed by atoms with Crippen LogP contribution in [0.25, 0.3) is 99.4 Å². The quantitative estimate of drug-likeness (QED) is 0.124. The summed E-state index contributed by atoms with van der Waals surface area (Å²) in [4.78, 5) is 2.48. The van der Waals surface area contributed by atoms with Crippen LogP contribution < -0.4 is 4.90 Å². The average Bonchev–Trinajstić information content (AvgIpc) is 3.44. The molecular weight excluding hydrogens is 831 g/mol. The van der Waals surface area contributed by atoms with E-state index in [0.717, 1.165) is 50.4 Å². The summed E-state index contributed by atoms with van der Waals surface area (Å²) in [6, 6.07) is 104. The van der Waals surface area contributed by atoms with Crippen molar-refractivity contribution in [1.29, 1.82) is 0 Å². The van der Waals surface area contributed by atoms with Crippen LogP contribution in [0.15, 0.2) is 285 Å². The van der Waals surface area contributed by atoms with Crippen molar-refractivity contribution < 1.29 is 0 Å². The van der Waals surface area contributed by atoms with E-state index in [-0.39, 0.29) is 0 Å². The van der Waals surface area contributed by atoms with Gasteiger partial charge in [0.1, 0.15) is 0 Å². The first kappa shape index (κ1) is 41.4. The Kier molecular flexibility index (Phi) is 11.0. The molecule has 0 saturated carbocycles. The van der Waals surface area contributed by atoms with Crippen LogP contribution in [0.1, 0.15) is 0 Å². The predicted octanol–water partition coefficient (Wildman–Crippen LogP) is 19.1. The van der Waals surface area contributed by atoms with Gasteiger partial charge in [-0.15, -0.1) is 0 Å². The zero-order valence-electron chi connectivity index (χ0n) is 38.1. The van der Waals surface area contributed by atoms with E-state index in [1.165, 1.54) is 66.1 Å². The third-order valence-electron chi connectivity index (χ3n) is 13.4. The molecule has 0 aliphatic heterocycles. The lowest BCUT2D eigenvalue weighted by molar-refractivity contribution is 1.28. The van der Waals surface area contributed by atoms with E-state index in [0.29, 0.717) is 0 Å². The summed E-state index contributed by atoms with van der Waals surface area (Å²) >= 11 is 0. The van der Waals surface area contributed by atoms with E-state index >= 15 is 0 Å². The van der Waals surface area contributed by atoms with Gasteiger partial charge in [-0.25, -0.2) is 0 Å². The van der Waals surface area contributed by atoms with Gasteiger partial charge >= 0.3 is 0 Å². The molecule has 0 spiro atoms. The highest BCUT2D eigenvalue weighted by Crippen LogP contribution is 2.49. The van der Waals surface area contributed by atoms with Crippen LogP contribution in [-0.2, 0) is 0 Å². The molecule has 0 unspecified atom stereocenters. The second kappa shape index (κ2) is 18.3. The van der Waals surface area contributed by atoms with Gasteiger partial charge in [-0.2, -0.15) is 0 Å². The van der Waals surface area contributed by atoms with Crippen LogP contribution in [0.3, 0.4) is 0 Å². The normalized spacial score (nSPS) is 11.2. The zero-order chi connectivity index (χ0) is 45.9.